The van der Waals surface area contributed by atoms with Crippen molar-refractivity contribution in [1.29, 1.82) is 0 Å². The van der Waals surface area contributed by atoms with Gasteiger partial charge in [0.25, 0.3) is 11.8 Å². The molecule has 184 valence electrons. The van der Waals surface area contributed by atoms with Gasteiger partial charge >= 0.3 is 0 Å². The number of aryl methyl sites for hydroxylation is 1. The van der Waals surface area contributed by atoms with Crippen LogP contribution in [0.25, 0.3) is 6.08 Å². The number of thiocarbonyl (C=S) groups is 1. The van der Waals surface area contributed by atoms with Crippen molar-refractivity contribution in [3.63, 3.8) is 0 Å². The lowest BCUT2D eigenvalue weighted by atomic mass is 10.1. The van der Waals surface area contributed by atoms with Gasteiger partial charge in [-0.3, -0.25) is 15.0 Å². The van der Waals surface area contributed by atoms with Crippen molar-refractivity contribution < 1.29 is 19.1 Å². The van der Waals surface area contributed by atoms with Crippen molar-refractivity contribution in [2.24, 2.45) is 0 Å². The van der Waals surface area contributed by atoms with E-state index in [4.69, 9.17) is 33.3 Å². The predicted molar refractivity (Wildman–Crippen MR) is 150 cm³/mol. The fourth-order valence-electron chi connectivity index (χ4n) is 3.32. The molecule has 1 fully saturated rings. The minimum absolute atomic E-state index is 0.212. The van der Waals surface area contributed by atoms with Crippen LogP contribution in [0.3, 0.4) is 0 Å². The number of thioether (sulfide) groups is 1. The Morgan fingerprint density at radius 1 is 1.14 bits per heavy atom. The molecule has 0 bridgehead atoms. The van der Waals surface area contributed by atoms with Crippen LogP contribution in [0.4, 0.5) is 0 Å². The van der Waals surface area contributed by atoms with E-state index in [0.717, 1.165) is 37.9 Å². The van der Waals surface area contributed by atoms with E-state index >= 15 is 0 Å². The highest BCUT2D eigenvalue weighted by Crippen LogP contribution is 2.34. The second kappa shape index (κ2) is 11.5. The highest BCUT2D eigenvalue weighted by Gasteiger charge is 2.34. The molecular formula is C26H20BrClN2O4S2. The van der Waals surface area contributed by atoms with Crippen molar-refractivity contribution in [3.05, 3.63) is 97.3 Å². The molecule has 0 saturated carbocycles. The molecule has 3 aromatic carbocycles. The molecule has 1 saturated heterocycles. The smallest absolute Gasteiger partial charge is 0.285 e. The number of carbonyl (C=O) groups is 2. The summed E-state index contributed by atoms with van der Waals surface area (Å²) in [7, 11) is 1.55. The SMILES string of the molecule is COc1cc(/C=C2\SC(=S)N(NC(=O)c3ccc(C)cc3Cl)C2=O)ccc1OCc1ccc(Br)cc1. The van der Waals surface area contributed by atoms with Gasteiger partial charge in [-0.1, -0.05) is 63.6 Å². The van der Waals surface area contributed by atoms with Gasteiger partial charge in [0.15, 0.2) is 15.8 Å². The molecule has 1 heterocycles. The molecule has 3 aromatic rings. The molecule has 6 nitrogen and oxygen atoms in total. The third kappa shape index (κ3) is 6.10. The van der Waals surface area contributed by atoms with Crippen molar-refractivity contribution >= 4 is 73.7 Å². The third-order valence-corrected chi connectivity index (χ3v) is 7.31. The summed E-state index contributed by atoms with van der Waals surface area (Å²) in [6.07, 6.45) is 1.69. The van der Waals surface area contributed by atoms with Gasteiger partial charge in [-0.15, -0.1) is 0 Å². The summed E-state index contributed by atoms with van der Waals surface area (Å²) in [5.41, 5.74) is 5.46. The van der Waals surface area contributed by atoms with Gasteiger partial charge in [0.1, 0.15) is 6.61 Å². The topological polar surface area (TPSA) is 67.9 Å². The van der Waals surface area contributed by atoms with Crippen LogP contribution in [0.2, 0.25) is 5.02 Å². The number of benzene rings is 3. The maximum absolute atomic E-state index is 13.0. The van der Waals surface area contributed by atoms with Gasteiger partial charge in [0, 0.05) is 4.47 Å². The van der Waals surface area contributed by atoms with Gasteiger partial charge < -0.3 is 9.47 Å². The van der Waals surface area contributed by atoms with E-state index in [1.54, 1.807) is 43.5 Å². The summed E-state index contributed by atoms with van der Waals surface area (Å²) in [5.74, 6) is 0.147. The number of nitrogens with zero attached hydrogens (tertiary/aromatic N) is 1. The van der Waals surface area contributed by atoms with E-state index in [-0.39, 0.29) is 9.88 Å². The Morgan fingerprint density at radius 3 is 2.58 bits per heavy atom. The maximum atomic E-state index is 13.0. The fourth-order valence-corrected chi connectivity index (χ4v) is 5.08. The normalized spacial score (nSPS) is 14.3. The zero-order valence-corrected chi connectivity index (χ0v) is 23.2. The lowest BCUT2D eigenvalue weighted by Crippen LogP contribution is -2.44. The van der Waals surface area contributed by atoms with E-state index in [9.17, 15) is 9.59 Å². The van der Waals surface area contributed by atoms with Gasteiger partial charge in [-0.25, -0.2) is 0 Å². The molecular weight excluding hydrogens is 584 g/mol. The Labute approximate surface area is 231 Å². The molecule has 0 aliphatic carbocycles. The summed E-state index contributed by atoms with van der Waals surface area (Å²) in [6, 6.07) is 18.3. The van der Waals surface area contributed by atoms with Crippen LogP contribution in [0.15, 0.2) is 70.0 Å². The van der Waals surface area contributed by atoms with Gasteiger partial charge in [0.2, 0.25) is 0 Å². The summed E-state index contributed by atoms with van der Waals surface area (Å²) in [4.78, 5) is 26.0. The minimum Gasteiger partial charge on any atom is -0.493 e. The monoisotopic (exact) mass is 602 g/mol. The summed E-state index contributed by atoms with van der Waals surface area (Å²) >= 11 is 16.0. The number of rotatable bonds is 7. The van der Waals surface area contributed by atoms with E-state index in [1.165, 1.54) is 0 Å². The number of methoxy groups -OCH3 is 1. The Balaban J connectivity index is 1.47. The fraction of sp³-hybridized carbons (Fsp3) is 0.115. The van der Waals surface area contributed by atoms with Gasteiger partial charge in [-0.2, -0.15) is 5.01 Å². The van der Waals surface area contributed by atoms with Crippen LogP contribution in [0, 0.1) is 6.92 Å². The number of hydrogen-bond acceptors (Lipinski definition) is 6. The molecule has 0 radical (unpaired) electrons. The molecule has 0 unspecified atom stereocenters. The predicted octanol–water partition coefficient (Wildman–Crippen LogP) is 6.54. The second-order valence-corrected chi connectivity index (χ2v) is 10.8. The van der Waals surface area contributed by atoms with E-state index < -0.39 is 11.8 Å². The first-order valence-corrected chi connectivity index (χ1v) is 13.0. The molecule has 2 amide bonds. The average Bonchev–Trinajstić information content (AvgIpc) is 3.11. The Bertz CT molecular complexity index is 1380. The summed E-state index contributed by atoms with van der Waals surface area (Å²) < 4.78 is 12.6. The molecule has 4 rings (SSSR count). The maximum Gasteiger partial charge on any atom is 0.285 e. The second-order valence-electron chi connectivity index (χ2n) is 7.77. The summed E-state index contributed by atoms with van der Waals surface area (Å²) in [5, 5.41) is 1.35. The molecule has 0 aromatic heterocycles. The van der Waals surface area contributed by atoms with Crippen molar-refractivity contribution in [3.8, 4) is 11.5 Å². The number of carbonyl (C=O) groups excluding carboxylic acids is 2. The highest BCUT2D eigenvalue weighted by molar-refractivity contribution is 9.10. The van der Waals surface area contributed by atoms with Crippen molar-refractivity contribution in [1.82, 2.24) is 10.4 Å². The Hall–Kier alpha value is -2.85. The van der Waals surface area contributed by atoms with Crippen LogP contribution in [-0.2, 0) is 11.4 Å². The number of nitrogens with one attached hydrogen (secondary N) is 1. The molecule has 10 heteroatoms. The zero-order chi connectivity index (χ0) is 25.8. The van der Waals surface area contributed by atoms with E-state index in [1.807, 2.05) is 37.3 Å². The number of hydrazine groups is 1. The molecule has 1 aliphatic heterocycles. The van der Waals surface area contributed by atoms with Crippen LogP contribution in [-0.4, -0.2) is 28.3 Å². The first kappa shape index (κ1) is 26.2. The van der Waals surface area contributed by atoms with Crippen LogP contribution < -0.4 is 14.9 Å². The van der Waals surface area contributed by atoms with Crippen molar-refractivity contribution in [2.75, 3.05) is 7.11 Å². The lowest BCUT2D eigenvalue weighted by Gasteiger charge is -2.16. The number of hydrogen-bond donors (Lipinski definition) is 1. The Kier molecular flexibility index (Phi) is 8.35. The third-order valence-electron chi connectivity index (χ3n) is 5.17. The molecule has 1 aliphatic rings. The first-order valence-electron chi connectivity index (χ1n) is 10.7. The number of amides is 2. The van der Waals surface area contributed by atoms with Crippen LogP contribution in [0.5, 0.6) is 11.5 Å². The standard InChI is InChI=1S/C26H20BrClN2O4S2/c1-15-3-9-19(20(28)11-15)24(31)29-30-25(32)23(36-26(30)35)13-17-6-10-21(22(12-17)33-2)34-14-16-4-7-18(27)8-5-16/h3-13H,14H2,1-2H3,(H,29,31)/b23-13-. The van der Waals surface area contributed by atoms with Gasteiger partial charge in [0.05, 0.1) is 22.6 Å². The average molecular weight is 604 g/mol. The molecule has 0 atom stereocenters. The zero-order valence-electron chi connectivity index (χ0n) is 19.2. The first-order chi connectivity index (χ1) is 17.2. The van der Waals surface area contributed by atoms with Crippen LogP contribution >= 0.6 is 51.5 Å². The van der Waals surface area contributed by atoms with Crippen LogP contribution in [0.1, 0.15) is 27.0 Å². The molecule has 1 N–H and O–H groups in total. The molecule has 36 heavy (non-hydrogen) atoms. The highest BCUT2D eigenvalue weighted by atomic mass is 79.9. The largest absolute Gasteiger partial charge is 0.493 e. The van der Waals surface area contributed by atoms with Gasteiger partial charge in [-0.05, 0) is 78.3 Å². The van der Waals surface area contributed by atoms with E-state index in [2.05, 4.69) is 21.4 Å². The molecule has 0 spiro atoms. The number of ether oxygens (including phenoxy) is 2. The quantitative estimate of drug-likeness (QED) is 0.244. The summed E-state index contributed by atoms with van der Waals surface area (Å²) in [6.45, 7) is 2.25. The van der Waals surface area contributed by atoms with Crippen molar-refractivity contribution in [2.45, 2.75) is 13.5 Å². The Morgan fingerprint density at radius 2 is 1.89 bits per heavy atom. The lowest BCUT2D eigenvalue weighted by molar-refractivity contribution is -0.123. The van der Waals surface area contributed by atoms with E-state index in [0.29, 0.717) is 28.0 Å². The minimum atomic E-state index is -0.522. The number of halogens is 2.